The van der Waals surface area contributed by atoms with Crippen LogP contribution in [0.5, 0.6) is 0 Å². The molecule has 1 aliphatic rings. The van der Waals surface area contributed by atoms with Gasteiger partial charge < -0.3 is 10.4 Å². The summed E-state index contributed by atoms with van der Waals surface area (Å²) >= 11 is 0. The van der Waals surface area contributed by atoms with Crippen LogP contribution in [-0.4, -0.2) is 50.0 Å². The molecule has 1 aromatic rings. The zero-order chi connectivity index (χ0) is 18.7. The van der Waals surface area contributed by atoms with E-state index in [1.54, 1.807) is 0 Å². The second-order valence-corrected chi connectivity index (χ2v) is 7.86. The molecular weight excluding hydrogens is 397 g/mol. The minimum Gasteiger partial charge on any atom is -0.480 e. The summed E-state index contributed by atoms with van der Waals surface area (Å²) in [6.45, 7) is 0.655. The van der Waals surface area contributed by atoms with Crippen LogP contribution in [0.25, 0.3) is 0 Å². The molecule has 1 aliphatic heterocycles. The molecule has 1 saturated heterocycles. The molecule has 2 N–H and O–H groups in total. The van der Waals surface area contributed by atoms with Crippen molar-refractivity contribution in [2.75, 3.05) is 26.2 Å². The number of benzene rings is 1. The lowest BCUT2D eigenvalue weighted by Crippen LogP contribution is -2.43. The fraction of sp³-hybridized carbons (Fsp3) is 0.533. The number of carbonyl (C=O) groups is 1. The van der Waals surface area contributed by atoms with Gasteiger partial charge in [-0.15, -0.1) is 12.4 Å². The van der Waals surface area contributed by atoms with E-state index >= 15 is 0 Å². The topological polar surface area (TPSA) is 86.7 Å². The molecule has 0 amide bonds. The maximum atomic E-state index is 12.6. The van der Waals surface area contributed by atoms with Gasteiger partial charge in [-0.25, -0.2) is 8.42 Å². The fourth-order valence-corrected chi connectivity index (χ4v) is 4.31. The molecule has 6 nitrogen and oxygen atoms in total. The number of nitrogens with one attached hydrogen (secondary N) is 1. The van der Waals surface area contributed by atoms with Gasteiger partial charge in [0.25, 0.3) is 0 Å². The Morgan fingerprint density at radius 3 is 2.42 bits per heavy atom. The first kappa shape index (κ1) is 22.7. The van der Waals surface area contributed by atoms with E-state index in [9.17, 15) is 26.4 Å². The van der Waals surface area contributed by atoms with Gasteiger partial charge in [0.2, 0.25) is 10.0 Å². The van der Waals surface area contributed by atoms with Gasteiger partial charge in [0.05, 0.1) is 17.0 Å². The van der Waals surface area contributed by atoms with Crippen LogP contribution in [0.15, 0.2) is 29.2 Å². The predicted molar refractivity (Wildman–Crippen MR) is 90.7 cm³/mol. The molecule has 0 aliphatic carbocycles. The summed E-state index contributed by atoms with van der Waals surface area (Å²) in [5, 5.41) is 11.3. The number of piperidine rings is 1. The van der Waals surface area contributed by atoms with E-state index in [-0.39, 0.29) is 36.3 Å². The summed E-state index contributed by atoms with van der Waals surface area (Å²) < 4.78 is 64.2. The predicted octanol–water partition coefficient (Wildman–Crippen LogP) is 2.20. The molecule has 1 unspecified atom stereocenters. The van der Waals surface area contributed by atoms with Crippen LogP contribution in [0, 0.1) is 5.92 Å². The molecule has 2 rings (SSSR count). The average Bonchev–Trinajstić information content (AvgIpc) is 2.54. The highest BCUT2D eigenvalue weighted by Crippen LogP contribution is 2.30. The van der Waals surface area contributed by atoms with E-state index in [2.05, 4.69) is 5.32 Å². The van der Waals surface area contributed by atoms with Gasteiger partial charge in [-0.2, -0.15) is 17.5 Å². The summed E-state index contributed by atoms with van der Waals surface area (Å²) in [6, 6.07) is 3.43. The first-order valence-electron chi connectivity index (χ1n) is 7.70. The summed E-state index contributed by atoms with van der Waals surface area (Å²) in [5.41, 5.74) is -0.902. The van der Waals surface area contributed by atoms with E-state index in [1.807, 2.05) is 0 Å². The van der Waals surface area contributed by atoms with Crippen LogP contribution in [0.2, 0.25) is 0 Å². The van der Waals surface area contributed by atoms with Gasteiger partial charge in [-0.1, -0.05) is 0 Å². The summed E-state index contributed by atoms with van der Waals surface area (Å²) in [5.74, 6) is -1.04. The standard InChI is InChI=1S/C15H19F3N2O4S.ClH/c16-15(17,18)12-3-5-13(6-4-12)25(23,24)20-7-1-2-11(10-20)8-19-9-14(21)22;/h3-6,11,19H,1-2,7-10H2,(H,21,22);1H. The lowest BCUT2D eigenvalue weighted by atomic mass is 10.00. The number of sulfonamides is 1. The quantitative estimate of drug-likeness (QED) is 0.742. The number of aliphatic carboxylic acids is 1. The maximum Gasteiger partial charge on any atom is 0.416 e. The first-order valence-corrected chi connectivity index (χ1v) is 9.14. The average molecular weight is 417 g/mol. The molecule has 1 atom stereocenters. The van der Waals surface area contributed by atoms with E-state index in [4.69, 9.17) is 5.11 Å². The molecule has 0 saturated carbocycles. The third kappa shape index (κ3) is 5.83. The monoisotopic (exact) mass is 416 g/mol. The molecule has 1 fully saturated rings. The van der Waals surface area contributed by atoms with Crippen LogP contribution < -0.4 is 5.32 Å². The highest BCUT2D eigenvalue weighted by molar-refractivity contribution is 7.89. The molecule has 26 heavy (non-hydrogen) atoms. The molecule has 0 bridgehead atoms. The second-order valence-electron chi connectivity index (χ2n) is 5.92. The van der Waals surface area contributed by atoms with Crippen LogP contribution in [0.1, 0.15) is 18.4 Å². The third-order valence-electron chi connectivity index (χ3n) is 4.01. The Hall–Kier alpha value is -1.36. The number of hydrogen-bond donors (Lipinski definition) is 2. The van der Waals surface area contributed by atoms with Crippen molar-refractivity contribution in [2.45, 2.75) is 23.9 Å². The number of halogens is 4. The zero-order valence-electron chi connectivity index (χ0n) is 13.7. The number of rotatable bonds is 6. The van der Waals surface area contributed by atoms with Gasteiger partial charge >= 0.3 is 12.1 Å². The fourth-order valence-electron chi connectivity index (χ4n) is 2.76. The van der Waals surface area contributed by atoms with Crippen molar-refractivity contribution in [3.63, 3.8) is 0 Å². The second kappa shape index (κ2) is 9.03. The van der Waals surface area contributed by atoms with Crippen molar-refractivity contribution in [3.8, 4) is 0 Å². The van der Waals surface area contributed by atoms with E-state index in [0.717, 1.165) is 30.7 Å². The van der Waals surface area contributed by atoms with Crippen LogP contribution in [0.4, 0.5) is 13.2 Å². The van der Waals surface area contributed by atoms with Crippen molar-refractivity contribution in [1.29, 1.82) is 0 Å². The zero-order valence-corrected chi connectivity index (χ0v) is 15.3. The Bertz CT molecular complexity index is 711. The Balaban J connectivity index is 0.00000338. The van der Waals surface area contributed by atoms with Crippen LogP contribution in [0.3, 0.4) is 0 Å². The molecule has 1 heterocycles. The lowest BCUT2D eigenvalue weighted by Gasteiger charge is -2.32. The summed E-state index contributed by atoms with van der Waals surface area (Å²) in [7, 11) is -3.88. The Morgan fingerprint density at radius 1 is 1.27 bits per heavy atom. The number of hydrogen-bond acceptors (Lipinski definition) is 4. The molecule has 11 heteroatoms. The molecule has 0 aromatic heterocycles. The van der Waals surface area contributed by atoms with Gasteiger partial charge in [-0.05, 0) is 49.6 Å². The number of carboxylic acids is 1. The Labute approximate surface area is 155 Å². The smallest absolute Gasteiger partial charge is 0.416 e. The van der Waals surface area contributed by atoms with Crippen LogP contribution >= 0.6 is 12.4 Å². The maximum absolute atomic E-state index is 12.6. The number of nitrogens with zero attached hydrogens (tertiary/aromatic N) is 1. The Morgan fingerprint density at radius 2 is 1.88 bits per heavy atom. The normalized spacial score (nSPS) is 19.0. The van der Waals surface area contributed by atoms with Crippen molar-refractivity contribution < 1.29 is 31.5 Å². The molecule has 148 valence electrons. The van der Waals surface area contributed by atoms with E-state index in [1.165, 1.54) is 4.31 Å². The molecule has 0 radical (unpaired) electrons. The number of carboxylic acid groups (broad SMARTS) is 1. The summed E-state index contributed by atoms with van der Waals surface area (Å²) in [6.07, 6.45) is -3.15. The molecular formula is C15H20ClF3N2O4S. The van der Waals surface area contributed by atoms with Gasteiger partial charge in [0, 0.05) is 13.1 Å². The third-order valence-corrected chi connectivity index (χ3v) is 5.89. The first-order chi connectivity index (χ1) is 11.6. The van der Waals surface area contributed by atoms with E-state index < -0.39 is 27.7 Å². The van der Waals surface area contributed by atoms with Gasteiger partial charge in [0.15, 0.2) is 0 Å². The number of alkyl halides is 3. The highest BCUT2D eigenvalue weighted by atomic mass is 35.5. The van der Waals surface area contributed by atoms with Crippen molar-refractivity contribution in [3.05, 3.63) is 29.8 Å². The van der Waals surface area contributed by atoms with Crippen molar-refractivity contribution in [2.24, 2.45) is 5.92 Å². The van der Waals surface area contributed by atoms with E-state index in [0.29, 0.717) is 19.5 Å². The Kier molecular flexibility index (Phi) is 7.87. The molecule has 1 aromatic carbocycles. The minimum atomic E-state index is -4.52. The molecule has 0 spiro atoms. The van der Waals surface area contributed by atoms with Crippen LogP contribution in [-0.2, 0) is 21.0 Å². The van der Waals surface area contributed by atoms with Gasteiger partial charge in [0.1, 0.15) is 0 Å². The summed E-state index contributed by atoms with van der Waals surface area (Å²) in [4.78, 5) is 10.3. The highest BCUT2D eigenvalue weighted by Gasteiger charge is 2.33. The SMILES string of the molecule is Cl.O=C(O)CNCC1CCCN(S(=O)(=O)c2ccc(C(F)(F)F)cc2)C1. The minimum absolute atomic E-state index is 0. The van der Waals surface area contributed by atoms with Gasteiger partial charge in [-0.3, -0.25) is 4.79 Å². The van der Waals surface area contributed by atoms with Crippen molar-refractivity contribution in [1.82, 2.24) is 9.62 Å². The van der Waals surface area contributed by atoms with Crippen molar-refractivity contribution >= 4 is 28.4 Å². The largest absolute Gasteiger partial charge is 0.480 e. The lowest BCUT2D eigenvalue weighted by molar-refractivity contribution is -0.138.